The number of rotatable bonds is 11. The number of aromatic nitrogens is 3. The second kappa shape index (κ2) is 11.1. The van der Waals surface area contributed by atoms with Crippen molar-refractivity contribution in [2.45, 2.75) is 18.1 Å². The third kappa shape index (κ3) is 6.10. The van der Waals surface area contributed by atoms with E-state index >= 15 is 0 Å². The molecule has 0 spiro atoms. The van der Waals surface area contributed by atoms with Gasteiger partial charge in [0.2, 0.25) is 0 Å². The van der Waals surface area contributed by atoms with Crippen LogP contribution in [-0.4, -0.2) is 43.7 Å². The number of hydrogen-bond donors (Lipinski definition) is 1. The second-order valence-corrected chi connectivity index (χ2v) is 7.75. The van der Waals surface area contributed by atoms with Crippen LogP contribution < -0.4 is 5.32 Å². The van der Waals surface area contributed by atoms with Gasteiger partial charge in [0.15, 0.2) is 10.9 Å². The van der Waals surface area contributed by atoms with Gasteiger partial charge in [0.05, 0.1) is 16.2 Å². The third-order valence-corrected chi connectivity index (χ3v) is 5.54. The van der Waals surface area contributed by atoms with E-state index in [0.717, 1.165) is 11.8 Å². The number of ketones is 1. The summed E-state index contributed by atoms with van der Waals surface area (Å²) in [5.41, 5.74) is 0.0453. The number of nitrogens with one attached hydrogen (secondary N) is 1. The van der Waals surface area contributed by atoms with Gasteiger partial charge in [-0.2, -0.15) is 0 Å². The van der Waals surface area contributed by atoms with E-state index in [1.807, 2.05) is 0 Å². The van der Waals surface area contributed by atoms with Crippen LogP contribution in [-0.2, 0) is 13.0 Å². The summed E-state index contributed by atoms with van der Waals surface area (Å²) in [4.78, 5) is 35.0. The number of amides is 1. The van der Waals surface area contributed by atoms with E-state index in [4.69, 9.17) is 0 Å². The molecule has 3 rings (SSSR count). The molecule has 1 aromatic heterocycles. The van der Waals surface area contributed by atoms with Gasteiger partial charge in [-0.05, 0) is 12.1 Å². The standard InChI is InChI=1S/C22H20FN5O4S/c1-2-12-27-20(10-11-24-21(30)17-8-3-4-9-18(17)23)25-26-22(27)33-14-19(29)15-6-5-7-16(13-15)28(31)32/h2-9,13H,1,10-12,14H2,(H,24,30). The van der Waals surface area contributed by atoms with E-state index in [0.29, 0.717) is 23.9 Å². The lowest BCUT2D eigenvalue weighted by Gasteiger charge is -2.09. The number of Topliss-reactive ketones (excluding diaryl/α,β-unsaturated/α-hetero) is 1. The molecule has 0 aliphatic heterocycles. The number of thioether (sulfide) groups is 1. The summed E-state index contributed by atoms with van der Waals surface area (Å²) in [6.45, 7) is 4.31. The van der Waals surface area contributed by atoms with Crippen LogP contribution >= 0.6 is 11.8 Å². The van der Waals surface area contributed by atoms with Crippen LogP contribution in [0.3, 0.4) is 0 Å². The van der Waals surface area contributed by atoms with Crippen molar-refractivity contribution in [3.8, 4) is 0 Å². The van der Waals surface area contributed by atoms with Crippen LogP contribution in [0.5, 0.6) is 0 Å². The SMILES string of the molecule is C=CCn1c(CCNC(=O)c2ccccc2F)nnc1SCC(=O)c1cccc([N+](=O)[O-])c1. The molecule has 0 bridgehead atoms. The van der Waals surface area contributed by atoms with E-state index in [1.165, 1.54) is 42.5 Å². The molecule has 0 unspecified atom stereocenters. The normalized spacial score (nSPS) is 10.6. The summed E-state index contributed by atoms with van der Waals surface area (Å²) in [5, 5.41) is 22.3. The molecule has 33 heavy (non-hydrogen) atoms. The minimum atomic E-state index is -0.600. The zero-order chi connectivity index (χ0) is 23.8. The second-order valence-electron chi connectivity index (χ2n) is 6.80. The number of nitro benzene ring substituents is 1. The van der Waals surface area contributed by atoms with E-state index in [9.17, 15) is 24.1 Å². The summed E-state index contributed by atoms with van der Waals surface area (Å²) in [5.74, 6) is -0.831. The van der Waals surface area contributed by atoms with Gasteiger partial charge in [-0.25, -0.2) is 4.39 Å². The van der Waals surface area contributed by atoms with E-state index in [2.05, 4.69) is 22.1 Å². The Kier molecular flexibility index (Phi) is 8.03. The quantitative estimate of drug-likeness (QED) is 0.150. The van der Waals surface area contributed by atoms with Crippen molar-refractivity contribution < 1.29 is 18.9 Å². The zero-order valence-corrected chi connectivity index (χ0v) is 18.3. The molecule has 0 radical (unpaired) electrons. The highest BCUT2D eigenvalue weighted by molar-refractivity contribution is 7.99. The maximum Gasteiger partial charge on any atom is 0.270 e. The molecule has 0 atom stereocenters. The van der Waals surface area contributed by atoms with Crippen molar-refractivity contribution in [1.82, 2.24) is 20.1 Å². The summed E-state index contributed by atoms with van der Waals surface area (Å²) in [6, 6.07) is 11.2. The first-order valence-electron chi connectivity index (χ1n) is 9.87. The highest BCUT2D eigenvalue weighted by Gasteiger charge is 2.17. The van der Waals surface area contributed by atoms with Crippen LogP contribution in [0.25, 0.3) is 0 Å². The van der Waals surface area contributed by atoms with Crippen molar-refractivity contribution in [2.24, 2.45) is 0 Å². The largest absolute Gasteiger partial charge is 0.351 e. The van der Waals surface area contributed by atoms with Crippen molar-refractivity contribution in [1.29, 1.82) is 0 Å². The number of carbonyl (C=O) groups is 2. The molecule has 0 fully saturated rings. The van der Waals surface area contributed by atoms with Gasteiger partial charge >= 0.3 is 0 Å². The summed E-state index contributed by atoms with van der Waals surface area (Å²) in [6.07, 6.45) is 1.98. The third-order valence-electron chi connectivity index (χ3n) is 4.57. The Morgan fingerprint density at radius 3 is 2.73 bits per heavy atom. The molecular formula is C22H20FN5O4S. The van der Waals surface area contributed by atoms with Gasteiger partial charge in [-0.1, -0.05) is 42.1 Å². The minimum absolute atomic E-state index is 0.0143. The molecule has 0 saturated carbocycles. The smallest absolute Gasteiger partial charge is 0.270 e. The predicted octanol–water partition coefficient (Wildman–Crippen LogP) is 3.46. The highest BCUT2D eigenvalue weighted by Crippen LogP contribution is 2.21. The molecule has 1 heterocycles. The van der Waals surface area contributed by atoms with Crippen LogP contribution in [0, 0.1) is 15.9 Å². The molecule has 3 aromatic rings. The lowest BCUT2D eigenvalue weighted by atomic mass is 10.1. The number of non-ortho nitro benzene ring substituents is 1. The van der Waals surface area contributed by atoms with Crippen LogP contribution in [0.2, 0.25) is 0 Å². The number of nitro groups is 1. The van der Waals surface area contributed by atoms with E-state index in [-0.39, 0.29) is 34.9 Å². The molecule has 0 saturated heterocycles. The first-order chi connectivity index (χ1) is 15.9. The Labute approximate surface area is 192 Å². The predicted molar refractivity (Wildman–Crippen MR) is 121 cm³/mol. The Morgan fingerprint density at radius 2 is 2.00 bits per heavy atom. The molecule has 9 nitrogen and oxygen atoms in total. The van der Waals surface area contributed by atoms with Crippen LogP contribution in [0.15, 0.2) is 66.3 Å². The molecule has 1 amide bonds. The van der Waals surface area contributed by atoms with Gasteiger partial charge in [0.25, 0.3) is 11.6 Å². The van der Waals surface area contributed by atoms with Crippen molar-refractivity contribution in [3.63, 3.8) is 0 Å². The van der Waals surface area contributed by atoms with Gasteiger partial charge in [-0.15, -0.1) is 16.8 Å². The Morgan fingerprint density at radius 1 is 1.21 bits per heavy atom. The number of halogens is 1. The van der Waals surface area contributed by atoms with Gasteiger partial charge < -0.3 is 9.88 Å². The van der Waals surface area contributed by atoms with Crippen molar-refractivity contribution >= 4 is 29.1 Å². The fourth-order valence-corrected chi connectivity index (χ4v) is 3.82. The fourth-order valence-electron chi connectivity index (χ4n) is 2.96. The molecule has 2 aromatic carbocycles. The maximum absolute atomic E-state index is 13.7. The minimum Gasteiger partial charge on any atom is -0.351 e. The zero-order valence-electron chi connectivity index (χ0n) is 17.4. The molecular weight excluding hydrogens is 449 g/mol. The number of benzene rings is 2. The van der Waals surface area contributed by atoms with Crippen molar-refractivity contribution in [2.75, 3.05) is 12.3 Å². The topological polar surface area (TPSA) is 120 Å². The van der Waals surface area contributed by atoms with Gasteiger partial charge in [0.1, 0.15) is 11.6 Å². The van der Waals surface area contributed by atoms with Crippen LogP contribution in [0.1, 0.15) is 26.5 Å². The van der Waals surface area contributed by atoms with Gasteiger partial charge in [-0.3, -0.25) is 19.7 Å². The highest BCUT2D eigenvalue weighted by atomic mass is 32.2. The molecule has 11 heteroatoms. The number of nitrogens with zero attached hydrogens (tertiary/aromatic N) is 4. The average molecular weight is 469 g/mol. The average Bonchev–Trinajstić information content (AvgIpc) is 3.19. The summed E-state index contributed by atoms with van der Waals surface area (Å²) >= 11 is 1.15. The lowest BCUT2D eigenvalue weighted by Crippen LogP contribution is -2.27. The first-order valence-corrected chi connectivity index (χ1v) is 10.9. The Bertz CT molecular complexity index is 1200. The number of hydrogen-bond acceptors (Lipinski definition) is 7. The number of carbonyl (C=O) groups excluding carboxylic acids is 2. The molecule has 1 N–H and O–H groups in total. The lowest BCUT2D eigenvalue weighted by molar-refractivity contribution is -0.384. The summed E-state index contributed by atoms with van der Waals surface area (Å²) < 4.78 is 15.5. The summed E-state index contributed by atoms with van der Waals surface area (Å²) in [7, 11) is 0. The Balaban J connectivity index is 1.62. The molecule has 170 valence electrons. The Hall–Kier alpha value is -3.86. The maximum atomic E-state index is 13.7. The molecule has 0 aliphatic rings. The van der Waals surface area contributed by atoms with Crippen molar-refractivity contribution in [3.05, 3.63) is 94.1 Å². The molecule has 0 aliphatic carbocycles. The fraction of sp³-hybridized carbons (Fsp3) is 0.182. The first kappa shape index (κ1) is 23.8. The van der Waals surface area contributed by atoms with E-state index in [1.54, 1.807) is 16.7 Å². The van der Waals surface area contributed by atoms with E-state index < -0.39 is 16.6 Å². The monoisotopic (exact) mass is 469 g/mol. The number of allylic oxidation sites excluding steroid dienone is 1. The van der Waals surface area contributed by atoms with Crippen LogP contribution in [0.4, 0.5) is 10.1 Å². The van der Waals surface area contributed by atoms with Gasteiger partial charge in [0, 0.05) is 37.2 Å².